The van der Waals surface area contributed by atoms with Crippen LogP contribution in [0, 0.1) is 0 Å². The van der Waals surface area contributed by atoms with Crippen LogP contribution in [0.3, 0.4) is 0 Å². The number of likely N-dealkylation sites (tertiary alicyclic amines) is 1. The molecule has 2 heterocycles. The van der Waals surface area contributed by atoms with E-state index in [1.165, 1.54) is 11.8 Å². The molecule has 1 fully saturated rings. The van der Waals surface area contributed by atoms with Crippen molar-refractivity contribution in [2.75, 3.05) is 25.9 Å². The van der Waals surface area contributed by atoms with Crippen molar-refractivity contribution in [3.63, 3.8) is 0 Å². The van der Waals surface area contributed by atoms with E-state index in [2.05, 4.69) is 9.97 Å². The third kappa shape index (κ3) is 5.29. The first-order chi connectivity index (χ1) is 11.7. The zero-order valence-corrected chi connectivity index (χ0v) is 16.2. The number of nitrogens with zero attached hydrogens (tertiary/aromatic N) is 3. The van der Waals surface area contributed by atoms with Crippen LogP contribution in [0.5, 0.6) is 0 Å². The lowest BCUT2D eigenvalue weighted by atomic mass is 9.89. The molecule has 0 spiro atoms. The lowest BCUT2D eigenvalue weighted by Gasteiger charge is -2.34. The molecule has 8 heteroatoms. The van der Waals surface area contributed by atoms with Crippen LogP contribution < -0.4 is 5.73 Å². The van der Waals surface area contributed by atoms with Gasteiger partial charge < -0.3 is 20.5 Å². The molecule has 0 radical (unpaired) electrons. The minimum atomic E-state index is -0.769. The fourth-order valence-corrected chi connectivity index (χ4v) is 3.21. The molecular formula is C17H28N4O3S. The van der Waals surface area contributed by atoms with Crippen molar-refractivity contribution in [1.29, 1.82) is 0 Å². The highest BCUT2D eigenvalue weighted by Crippen LogP contribution is 2.32. The van der Waals surface area contributed by atoms with Gasteiger partial charge in [0, 0.05) is 37.3 Å². The maximum Gasteiger partial charge on any atom is 0.410 e. The number of aliphatic hydroxyl groups excluding tert-OH is 1. The highest BCUT2D eigenvalue weighted by Gasteiger charge is 2.30. The van der Waals surface area contributed by atoms with Crippen LogP contribution in [-0.2, 0) is 4.74 Å². The van der Waals surface area contributed by atoms with Crippen LogP contribution in [0.1, 0.15) is 56.9 Å². The molecule has 25 heavy (non-hydrogen) atoms. The minimum absolute atomic E-state index is 0.131. The number of hydrogen-bond acceptors (Lipinski definition) is 7. The van der Waals surface area contributed by atoms with Crippen LogP contribution in [-0.4, -0.2) is 57.6 Å². The van der Waals surface area contributed by atoms with E-state index in [1.807, 2.05) is 27.0 Å². The van der Waals surface area contributed by atoms with E-state index < -0.39 is 11.7 Å². The maximum atomic E-state index is 12.2. The summed E-state index contributed by atoms with van der Waals surface area (Å²) in [5, 5.41) is 10.9. The van der Waals surface area contributed by atoms with Crippen LogP contribution in [0.2, 0.25) is 0 Å². The van der Waals surface area contributed by atoms with Crippen molar-refractivity contribution in [1.82, 2.24) is 14.9 Å². The van der Waals surface area contributed by atoms with Crippen molar-refractivity contribution in [3.8, 4) is 0 Å². The van der Waals surface area contributed by atoms with Gasteiger partial charge in [-0.05, 0) is 39.9 Å². The molecule has 1 aromatic heterocycles. The summed E-state index contributed by atoms with van der Waals surface area (Å²) in [5.41, 5.74) is 6.66. The van der Waals surface area contributed by atoms with E-state index in [1.54, 1.807) is 11.1 Å². The Morgan fingerprint density at radius 3 is 2.64 bits per heavy atom. The van der Waals surface area contributed by atoms with E-state index >= 15 is 0 Å². The number of carbonyl (C=O) groups is 1. The Kier molecular flexibility index (Phi) is 6.65. The molecule has 7 nitrogen and oxygen atoms in total. The second-order valence-corrected chi connectivity index (χ2v) is 7.96. The first-order valence-corrected chi connectivity index (χ1v) is 9.74. The summed E-state index contributed by atoms with van der Waals surface area (Å²) in [5.74, 6) is 0.170. The van der Waals surface area contributed by atoms with Gasteiger partial charge in [0.1, 0.15) is 5.60 Å². The Hall–Kier alpha value is -1.38. The van der Waals surface area contributed by atoms with Crippen LogP contribution in [0.25, 0.3) is 0 Å². The van der Waals surface area contributed by atoms with Gasteiger partial charge in [0.15, 0.2) is 5.16 Å². The van der Waals surface area contributed by atoms with Crippen LogP contribution in [0.15, 0.2) is 11.4 Å². The average molecular weight is 369 g/mol. The normalized spacial score (nSPS) is 17.4. The first kappa shape index (κ1) is 19.9. The standard InChI is InChI=1S/C17H28N4O3S/c1-17(2,3)24-16(23)21-7-5-11(6-8-21)14-12(13(22)9-18)10-19-15(20-14)25-4/h10-11,13,22H,5-9,18H2,1-4H3. The van der Waals surface area contributed by atoms with Gasteiger partial charge in [-0.1, -0.05) is 11.8 Å². The first-order valence-electron chi connectivity index (χ1n) is 8.52. The summed E-state index contributed by atoms with van der Waals surface area (Å²) in [7, 11) is 0. The molecule has 1 unspecified atom stereocenters. The van der Waals surface area contributed by atoms with Gasteiger partial charge in [0.2, 0.25) is 0 Å². The third-order valence-electron chi connectivity index (χ3n) is 4.12. The predicted molar refractivity (Wildman–Crippen MR) is 97.6 cm³/mol. The predicted octanol–water partition coefficient (Wildman–Crippen LogP) is 2.31. The number of nitrogens with two attached hydrogens (primary N) is 1. The van der Waals surface area contributed by atoms with Gasteiger partial charge in [0.05, 0.1) is 11.8 Å². The number of aliphatic hydroxyl groups is 1. The van der Waals surface area contributed by atoms with Gasteiger partial charge >= 0.3 is 6.09 Å². The third-order valence-corrected chi connectivity index (χ3v) is 4.69. The SMILES string of the molecule is CSc1ncc(C(O)CN)c(C2CCN(C(=O)OC(C)(C)C)CC2)n1. The summed E-state index contributed by atoms with van der Waals surface area (Å²) < 4.78 is 5.44. The highest BCUT2D eigenvalue weighted by molar-refractivity contribution is 7.98. The quantitative estimate of drug-likeness (QED) is 0.621. The zero-order chi connectivity index (χ0) is 18.6. The molecule has 1 aliphatic rings. The van der Waals surface area contributed by atoms with Crippen LogP contribution >= 0.6 is 11.8 Å². The molecule has 1 aliphatic heterocycles. The Bertz CT molecular complexity index is 598. The van der Waals surface area contributed by atoms with Gasteiger partial charge in [-0.25, -0.2) is 14.8 Å². The number of ether oxygens (including phenoxy) is 1. The minimum Gasteiger partial charge on any atom is -0.444 e. The number of aromatic nitrogens is 2. The van der Waals surface area contributed by atoms with E-state index in [0.29, 0.717) is 23.8 Å². The Balaban J connectivity index is 2.10. The number of rotatable bonds is 4. The summed E-state index contributed by atoms with van der Waals surface area (Å²) in [4.78, 5) is 22.8. The molecule has 140 valence electrons. The van der Waals surface area contributed by atoms with Gasteiger partial charge in [-0.15, -0.1) is 0 Å². The van der Waals surface area contributed by atoms with Crippen molar-refractivity contribution < 1.29 is 14.6 Å². The number of piperidine rings is 1. The second kappa shape index (κ2) is 8.33. The molecule has 1 saturated heterocycles. The number of hydrogen-bond donors (Lipinski definition) is 2. The summed E-state index contributed by atoms with van der Waals surface area (Å²) in [6.07, 6.45) is 4.09. The van der Waals surface area contributed by atoms with E-state index in [9.17, 15) is 9.90 Å². The van der Waals surface area contributed by atoms with Gasteiger partial charge in [0.25, 0.3) is 0 Å². The Labute approximate surface area is 153 Å². The topological polar surface area (TPSA) is 102 Å². The molecule has 0 aliphatic carbocycles. The molecule has 1 aromatic rings. The molecule has 0 aromatic carbocycles. The van der Waals surface area contributed by atoms with Crippen molar-refractivity contribution >= 4 is 17.9 Å². The lowest BCUT2D eigenvalue weighted by molar-refractivity contribution is 0.0203. The molecular weight excluding hydrogens is 340 g/mol. The molecule has 3 N–H and O–H groups in total. The van der Waals surface area contributed by atoms with Crippen molar-refractivity contribution in [2.45, 2.75) is 56.4 Å². The Morgan fingerprint density at radius 2 is 2.12 bits per heavy atom. The molecule has 0 saturated carbocycles. The van der Waals surface area contributed by atoms with Gasteiger partial charge in [-0.3, -0.25) is 0 Å². The zero-order valence-electron chi connectivity index (χ0n) is 15.4. The molecule has 1 atom stereocenters. The molecule has 1 amide bonds. The summed E-state index contributed by atoms with van der Waals surface area (Å²) >= 11 is 1.47. The van der Waals surface area contributed by atoms with Gasteiger partial charge in [-0.2, -0.15) is 0 Å². The van der Waals surface area contributed by atoms with Crippen molar-refractivity contribution in [2.24, 2.45) is 5.73 Å². The monoisotopic (exact) mass is 368 g/mol. The number of thioether (sulfide) groups is 1. The number of carbonyl (C=O) groups excluding carboxylic acids is 1. The second-order valence-electron chi connectivity index (χ2n) is 7.19. The fourth-order valence-electron chi connectivity index (χ4n) is 2.86. The van der Waals surface area contributed by atoms with E-state index in [0.717, 1.165) is 18.5 Å². The molecule has 2 rings (SSSR count). The van der Waals surface area contributed by atoms with E-state index in [4.69, 9.17) is 10.5 Å². The average Bonchev–Trinajstić information content (AvgIpc) is 2.59. The molecule has 0 bridgehead atoms. The number of amides is 1. The van der Waals surface area contributed by atoms with E-state index in [-0.39, 0.29) is 18.6 Å². The largest absolute Gasteiger partial charge is 0.444 e. The maximum absolute atomic E-state index is 12.2. The smallest absolute Gasteiger partial charge is 0.410 e. The fraction of sp³-hybridized carbons (Fsp3) is 0.706. The van der Waals surface area contributed by atoms with Crippen LogP contribution in [0.4, 0.5) is 4.79 Å². The summed E-state index contributed by atoms with van der Waals surface area (Å²) in [6.45, 7) is 6.94. The summed E-state index contributed by atoms with van der Waals surface area (Å²) in [6, 6.07) is 0. The Morgan fingerprint density at radius 1 is 1.48 bits per heavy atom. The lowest BCUT2D eigenvalue weighted by Crippen LogP contribution is -2.41. The highest BCUT2D eigenvalue weighted by atomic mass is 32.2. The van der Waals surface area contributed by atoms with Crippen molar-refractivity contribution in [3.05, 3.63) is 17.5 Å².